The van der Waals surface area contributed by atoms with E-state index in [1.807, 2.05) is 0 Å². The number of aromatic nitrogens is 1. The average Bonchev–Trinajstić information content (AvgIpc) is 2.84. The number of likely N-dealkylation sites (tertiary alicyclic amines) is 1. The Balaban J connectivity index is 2.44. The van der Waals surface area contributed by atoms with Crippen molar-refractivity contribution < 1.29 is 27.9 Å². The zero-order valence-electron chi connectivity index (χ0n) is 9.94. The Bertz CT molecular complexity index is 536. The molecule has 1 aliphatic heterocycles. The Labute approximate surface area is 106 Å². The fraction of sp³-hybridized carbons (Fsp3) is 0.455. The number of carboxylic acids is 1. The quantitative estimate of drug-likeness (QED) is 0.892. The smallest absolute Gasteiger partial charge is 0.418 e. The Morgan fingerprint density at radius 3 is 2.42 bits per heavy atom. The fourth-order valence-electron chi connectivity index (χ4n) is 2.13. The monoisotopic (exact) mass is 276 g/mol. The van der Waals surface area contributed by atoms with E-state index in [-0.39, 0.29) is 5.91 Å². The molecule has 0 spiro atoms. The molecule has 1 unspecified atom stereocenters. The number of hydrogen-bond acceptors (Lipinski definition) is 2. The van der Waals surface area contributed by atoms with Crippen LogP contribution in [0, 0.1) is 0 Å². The fourth-order valence-corrected chi connectivity index (χ4v) is 2.13. The third-order valence-electron chi connectivity index (χ3n) is 3.14. The summed E-state index contributed by atoms with van der Waals surface area (Å²) in [6, 6.07) is -0.765. The molecule has 19 heavy (non-hydrogen) atoms. The Morgan fingerprint density at radius 2 is 2.05 bits per heavy atom. The molecule has 1 N–H and O–H groups in total. The van der Waals surface area contributed by atoms with Crippen LogP contribution in [0.4, 0.5) is 13.2 Å². The van der Waals surface area contributed by atoms with Crippen LogP contribution in [0.2, 0.25) is 0 Å². The Kier molecular flexibility index (Phi) is 3.03. The molecule has 0 aromatic carbocycles. The molecule has 1 aliphatic rings. The zero-order chi connectivity index (χ0) is 14.4. The van der Waals surface area contributed by atoms with Crippen molar-refractivity contribution in [3.05, 3.63) is 23.5 Å². The molecule has 0 bridgehead atoms. The highest BCUT2D eigenvalue weighted by molar-refractivity contribution is 5.90. The van der Waals surface area contributed by atoms with Gasteiger partial charge in [-0.25, -0.2) is 4.79 Å². The van der Waals surface area contributed by atoms with Crippen LogP contribution in [-0.2, 0) is 11.0 Å². The molecule has 1 fully saturated rings. The summed E-state index contributed by atoms with van der Waals surface area (Å²) in [5.74, 6) is -1.98. The van der Waals surface area contributed by atoms with Crippen molar-refractivity contribution in [2.75, 3.05) is 13.6 Å². The molecule has 2 rings (SSSR count). The van der Waals surface area contributed by atoms with Crippen LogP contribution < -0.4 is 0 Å². The van der Waals surface area contributed by atoms with Gasteiger partial charge in [-0.15, -0.1) is 0 Å². The molecule has 1 aromatic rings. The van der Waals surface area contributed by atoms with Crippen LogP contribution in [0.5, 0.6) is 0 Å². The van der Waals surface area contributed by atoms with Gasteiger partial charge in [-0.3, -0.25) is 4.79 Å². The number of carbonyl (C=O) groups excluding carboxylic acids is 1. The molecule has 104 valence electrons. The van der Waals surface area contributed by atoms with Crippen molar-refractivity contribution in [2.45, 2.75) is 18.6 Å². The number of carbonyl (C=O) groups is 2. The summed E-state index contributed by atoms with van der Waals surface area (Å²) in [6.45, 7) is 0.436. The summed E-state index contributed by atoms with van der Waals surface area (Å²) in [5.41, 5.74) is -2.07. The van der Waals surface area contributed by atoms with E-state index in [2.05, 4.69) is 0 Å². The topological polar surface area (TPSA) is 62.5 Å². The van der Waals surface area contributed by atoms with Gasteiger partial charge in [0.1, 0.15) is 6.04 Å². The zero-order valence-corrected chi connectivity index (χ0v) is 9.94. The van der Waals surface area contributed by atoms with Crippen LogP contribution in [-0.4, -0.2) is 40.0 Å². The number of likely N-dealkylation sites (N-methyl/N-ethyl adjacent to an activating group) is 1. The van der Waals surface area contributed by atoms with Gasteiger partial charge in [-0.2, -0.15) is 13.2 Å². The van der Waals surface area contributed by atoms with E-state index in [4.69, 9.17) is 5.11 Å². The summed E-state index contributed by atoms with van der Waals surface area (Å²) >= 11 is 0. The van der Waals surface area contributed by atoms with Gasteiger partial charge in [0.15, 0.2) is 0 Å². The standard InChI is InChI=1S/C11H11F3N2O3/c1-15-3-2-8(9(15)17)16-4-6(10(18)19)7(5-16)11(12,13)14/h4-5,8H,2-3H2,1H3,(H,18,19). The van der Waals surface area contributed by atoms with Crippen molar-refractivity contribution in [3.63, 3.8) is 0 Å². The maximum atomic E-state index is 12.7. The third kappa shape index (κ3) is 2.29. The molecule has 1 amide bonds. The molecule has 0 saturated carbocycles. The van der Waals surface area contributed by atoms with Gasteiger partial charge < -0.3 is 14.6 Å². The molecule has 2 heterocycles. The van der Waals surface area contributed by atoms with Crippen LogP contribution in [0.3, 0.4) is 0 Å². The Hall–Kier alpha value is -1.99. The van der Waals surface area contributed by atoms with Crippen molar-refractivity contribution >= 4 is 11.9 Å². The van der Waals surface area contributed by atoms with Gasteiger partial charge >= 0.3 is 12.1 Å². The van der Waals surface area contributed by atoms with Gasteiger partial charge in [-0.1, -0.05) is 0 Å². The van der Waals surface area contributed by atoms with E-state index < -0.39 is 29.3 Å². The maximum absolute atomic E-state index is 12.7. The number of carboxylic acid groups (broad SMARTS) is 1. The number of hydrogen-bond donors (Lipinski definition) is 1. The summed E-state index contributed by atoms with van der Waals surface area (Å²) in [5, 5.41) is 8.79. The summed E-state index contributed by atoms with van der Waals surface area (Å²) in [6.07, 6.45) is -2.84. The lowest BCUT2D eigenvalue weighted by Crippen LogP contribution is -2.24. The average molecular weight is 276 g/mol. The number of rotatable bonds is 2. The van der Waals surface area contributed by atoms with Gasteiger partial charge in [0.05, 0.1) is 11.1 Å². The van der Waals surface area contributed by atoms with E-state index in [1.54, 1.807) is 7.05 Å². The highest BCUT2D eigenvalue weighted by Gasteiger charge is 2.39. The lowest BCUT2D eigenvalue weighted by Gasteiger charge is -2.11. The van der Waals surface area contributed by atoms with Crippen molar-refractivity contribution in [3.8, 4) is 0 Å². The van der Waals surface area contributed by atoms with Crippen molar-refractivity contribution in [2.24, 2.45) is 0 Å². The lowest BCUT2D eigenvalue weighted by molar-refractivity contribution is -0.138. The number of nitrogens with zero attached hydrogens (tertiary/aromatic N) is 2. The van der Waals surface area contributed by atoms with E-state index in [0.29, 0.717) is 19.2 Å². The van der Waals surface area contributed by atoms with Crippen LogP contribution >= 0.6 is 0 Å². The van der Waals surface area contributed by atoms with Gasteiger partial charge in [0.25, 0.3) is 0 Å². The highest BCUT2D eigenvalue weighted by Crippen LogP contribution is 2.34. The number of alkyl halides is 3. The van der Waals surface area contributed by atoms with Gasteiger partial charge in [0.2, 0.25) is 5.91 Å². The second-order valence-corrected chi connectivity index (χ2v) is 4.40. The number of amides is 1. The first kappa shape index (κ1) is 13.4. The Morgan fingerprint density at radius 1 is 1.42 bits per heavy atom. The van der Waals surface area contributed by atoms with Gasteiger partial charge in [0, 0.05) is 26.0 Å². The minimum Gasteiger partial charge on any atom is -0.478 e. The molecular weight excluding hydrogens is 265 g/mol. The minimum atomic E-state index is -4.76. The summed E-state index contributed by atoms with van der Waals surface area (Å²) in [7, 11) is 1.55. The first-order chi connectivity index (χ1) is 8.71. The molecule has 1 atom stereocenters. The number of halogens is 3. The van der Waals surface area contributed by atoms with Crippen LogP contribution in [0.15, 0.2) is 12.4 Å². The summed E-state index contributed by atoms with van der Waals surface area (Å²) in [4.78, 5) is 24.0. The third-order valence-corrected chi connectivity index (χ3v) is 3.14. The predicted molar refractivity (Wildman–Crippen MR) is 57.7 cm³/mol. The molecule has 1 aromatic heterocycles. The highest BCUT2D eigenvalue weighted by atomic mass is 19.4. The number of aromatic carboxylic acids is 1. The van der Waals surface area contributed by atoms with E-state index >= 15 is 0 Å². The van der Waals surface area contributed by atoms with E-state index in [0.717, 1.165) is 10.8 Å². The SMILES string of the molecule is CN1CCC(n2cc(C(=O)O)c(C(F)(F)F)c2)C1=O. The summed E-state index contributed by atoms with van der Waals surface area (Å²) < 4.78 is 39.2. The normalized spacial score (nSPS) is 20.1. The minimum absolute atomic E-state index is 0.319. The predicted octanol–water partition coefficient (Wildman–Crippen LogP) is 1.61. The maximum Gasteiger partial charge on any atom is 0.418 e. The lowest BCUT2D eigenvalue weighted by atomic mass is 10.2. The molecule has 1 saturated heterocycles. The van der Waals surface area contributed by atoms with Crippen molar-refractivity contribution in [1.29, 1.82) is 0 Å². The largest absolute Gasteiger partial charge is 0.478 e. The molecular formula is C11H11F3N2O3. The van der Waals surface area contributed by atoms with E-state index in [1.165, 1.54) is 4.90 Å². The first-order valence-electron chi connectivity index (χ1n) is 5.48. The van der Waals surface area contributed by atoms with Crippen LogP contribution in [0.25, 0.3) is 0 Å². The first-order valence-corrected chi connectivity index (χ1v) is 5.48. The van der Waals surface area contributed by atoms with E-state index in [9.17, 15) is 22.8 Å². The second kappa shape index (κ2) is 4.29. The second-order valence-electron chi connectivity index (χ2n) is 4.40. The van der Waals surface area contributed by atoms with Gasteiger partial charge in [-0.05, 0) is 6.42 Å². The van der Waals surface area contributed by atoms with Crippen LogP contribution in [0.1, 0.15) is 28.4 Å². The molecule has 0 radical (unpaired) electrons. The molecule has 5 nitrogen and oxygen atoms in total. The van der Waals surface area contributed by atoms with Crippen molar-refractivity contribution in [1.82, 2.24) is 9.47 Å². The molecule has 8 heteroatoms. The molecule has 0 aliphatic carbocycles.